The van der Waals surface area contributed by atoms with Gasteiger partial charge in [-0.3, -0.25) is 14.4 Å². The lowest BCUT2D eigenvalue weighted by Crippen LogP contribution is -2.45. The molecule has 162 valence electrons. The van der Waals surface area contributed by atoms with E-state index in [1.165, 1.54) is 9.08 Å². The highest BCUT2D eigenvalue weighted by Crippen LogP contribution is 2.21. The van der Waals surface area contributed by atoms with Crippen LogP contribution in [-0.2, 0) is 20.9 Å². The summed E-state index contributed by atoms with van der Waals surface area (Å²) < 4.78 is 7.97. The van der Waals surface area contributed by atoms with Gasteiger partial charge in [0, 0.05) is 36.1 Å². The summed E-state index contributed by atoms with van der Waals surface area (Å²) in [5, 5.41) is 5.07. The van der Waals surface area contributed by atoms with Crippen molar-refractivity contribution in [1.82, 2.24) is 19.1 Å². The third-order valence-corrected chi connectivity index (χ3v) is 5.70. The Balaban J connectivity index is 1.52. The number of halogens is 1. The van der Waals surface area contributed by atoms with E-state index in [1.54, 1.807) is 42.4 Å². The zero-order valence-electron chi connectivity index (χ0n) is 17.2. The van der Waals surface area contributed by atoms with Crippen molar-refractivity contribution in [3.05, 3.63) is 58.1 Å². The maximum absolute atomic E-state index is 12.9. The van der Waals surface area contributed by atoms with Crippen molar-refractivity contribution >= 4 is 29.0 Å². The van der Waals surface area contributed by atoms with Gasteiger partial charge in [-0.25, -0.2) is 4.52 Å². The van der Waals surface area contributed by atoms with Gasteiger partial charge in [0.25, 0.3) is 5.56 Å². The lowest BCUT2D eigenvalue weighted by molar-refractivity contribution is -0.151. The van der Waals surface area contributed by atoms with E-state index in [2.05, 4.69) is 5.10 Å². The van der Waals surface area contributed by atoms with Crippen LogP contribution in [0, 0.1) is 5.92 Å². The maximum Gasteiger partial charge on any atom is 0.310 e. The van der Waals surface area contributed by atoms with Gasteiger partial charge in [0.15, 0.2) is 0 Å². The smallest absolute Gasteiger partial charge is 0.310 e. The molecule has 0 saturated carbocycles. The molecule has 1 saturated heterocycles. The van der Waals surface area contributed by atoms with Crippen molar-refractivity contribution in [2.45, 2.75) is 26.3 Å². The van der Waals surface area contributed by atoms with Crippen molar-refractivity contribution < 1.29 is 14.3 Å². The second kappa shape index (κ2) is 8.93. The molecular weight excluding hydrogens is 420 g/mol. The number of hydrogen-bond donors (Lipinski definition) is 0. The largest absolute Gasteiger partial charge is 0.466 e. The fraction of sp³-hybridized carbons (Fsp3) is 0.364. The summed E-state index contributed by atoms with van der Waals surface area (Å²) in [5.74, 6) is -0.779. The Kier molecular flexibility index (Phi) is 6.08. The average Bonchev–Trinajstić information content (AvgIpc) is 3.21. The van der Waals surface area contributed by atoms with Crippen LogP contribution in [0.1, 0.15) is 19.8 Å². The number of benzene rings is 1. The Morgan fingerprint density at radius 2 is 2.00 bits per heavy atom. The molecule has 1 amide bonds. The highest BCUT2D eigenvalue weighted by Gasteiger charge is 2.29. The number of ether oxygens (including phenoxy) is 1. The second-order valence-electron chi connectivity index (χ2n) is 7.53. The molecular formula is C22H23ClN4O4. The summed E-state index contributed by atoms with van der Waals surface area (Å²) in [6.45, 7) is 2.89. The number of aromatic nitrogens is 3. The lowest BCUT2D eigenvalue weighted by atomic mass is 9.98. The maximum atomic E-state index is 12.9. The molecule has 3 heterocycles. The van der Waals surface area contributed by atoms with Gasteiger partial charge in [0.1, 0.15) is 12.1 Å². The third-order valence-electron chi connectivity index (χ3n) is 5.44. The lowest BCUT2D eigenvalue weighted by Gasteiger charge is -2.31. The number of hydrogen-bond acceptors (Lipinski definition) is 5. The molecule has 2 aromatic heterocycles. The first kappa shape index (κ1) is 21.1. The molecule has 0 bridgehead atoms. The molecule has 1 atom stereocenters. The van der Waals surface area contributed by atoms with Gasteiger partial charge in [-0.15, -0.1) is 0 Å². The van der Waals surface area contributed by atoms with Gasteiger partial charge in [0.2, 0.25) is 5.91 Å². The number of likely N-dealkylation sites (tertiary alicyclic amines) is 1. The number of carbonyl (C=O) groups excluding carboxylic acids is 2. The van der Waals surface area contributed by atoms with Crippen LogP contribution in [-0.4, -0.2) is 50.7 Å². The van der Waals surface area contributed by atoms with Crippen LogP contribution in [0.15, 0.2) is 47.5 Å². The van der Waals surface area contributed by atoms with Crippen LogP contribution < -0.4 is 5.56 Å². The molecule has 8 nitrogen and oxygen atoms in total. The van der Waals surface area contributed by atoms with E-state index < -0.39 is 0 Å². The molecule has 0 aliphatic carbocycles. The molecule has 1 aliphatic rings. The van der Waals surface area contributed by atoms with Gasteiger partial charge in [-0.2, -0.15) is 5.10 Å². The number of carbonyl (C=O) groups is 2. The van der Waals surface area contributed by atoms with Crippen LogP contribution in [0.4, 0.5) is 0 Å². The first-order valence-electron chi connectivity index (χ1n) is 10.3. The van der Waals surface area contributed by atoms with E-state index in [-0.39, 0.29) is 29.9 Å². The van der Waals surface area contributed by atoms with Crippen LogP contribution >= 0.6 is 11.6 Å². The van der Waals surface area contributed by atoms with Crippen molar-refractivity contribution in [2.24, 2.45) is 5.92 Å². The molecule has 1 aliphatic heterocycles. The Morgan fingerprint density at radius 3 is 2.74 bits per heavy atom. The molecule has 9 heteroatoms. The molecule has 0 unspecified atom stereocenters. The Morgan fingerprint density at radius 1 is 1.23 bits per heavy atom. The van der Waals surface area contributed by atoms with Gasteiger partial charge in [-0.1, -0.05) is 23.7 Å². The number of nitrogens with zero attached hydrogens (tertiary/aromatic N) is 4. The minimum Gasteiger partial charge on any atom is -0.466 e. The fourth-order valence-electron chi connectivity index (χ4n) is 3.81. The summed E-state index contributed by atoms with van der Waals surface area (Å²) in [4.78, 5) is 39.4. The van der Waals surface area contributed by atoms with Gasteiger partial charge < -0.3 is 14.2 Å². The number of fused-ring (bicyclic) bond motifs is 1. The molecule has 3 aromatic rings. The number of amides is 1. The molecule has 4 rings (SSSR count). The molecule has 31 heavy (non-hydrogen) atoms. The Bertz CT molecular complexity index is 1170. The zero-order chi connectivity index (χ0) is 22.0. The zero-order valence-corrected chi connectivity index (χ0v) is 17.9. The van der Waals surface area contributed by atoms with E-state index >= 15 is 0 Å². The predicted molar refractivity (Wildman–Crippen MR) is 116 cm³/mol. The minimum atomic E-state index is -0.311. The molecule has 0 spiro atoms. The van der Waals surface area contributed by atoms with Crippen molar-refractivity contribution in [3.8, 4) is 11.3 Å². The molecule has 0 N–H and O–H groups in total. The highest BCUT2D eigenvalue weighted by molar-refractivity contribution is 6.30. The summed E-state index contributed by atoms with van der Waals surface area (Å²) in [6.07, 6.45) is 4.65. The van der Waals surface area contributed by atoms with Gasteiger partial charge in [-0.05, 0) is 38.0 Å². The first-order valence-corrected chi connectivity index (χ1v) is 10.6. The normalized spacial score (nSPS) is 16.5. The Labute approximate surface area is 184 Å². The summed E-state index contributed by atoms with van der Waals surface area (Å²) in [5.41, 5.74) is 1.56. The Hall–Kier alpha value is -3.13. The van der Waals surface area contributed by atoms with E-state index in [9.17, 15) is 14.4 Å². The van der Waals surface area contributed by atoms with Gasteiger partial charge in [0.05, 0.1) is 18.2 Å². The molecule has 1 aromatic carbocycles. The standard InChI is InChI=1S/C22H23ClN4O4/c1-2-31-22(30)16-4-3-9-25(13-16)20(28)14-26-10-11-27-19(21(26)29)12-18(24-27)15-5-7-17(23)8-6-15/h5-8,10-12,16H,2-4,9,13-14H2,1H3/t16-/m0/s1. The summed E-state index contributed by atoms with van der Waals surface area (Å²) in [6, 6.07) is 8.90. The quantitative estimate of drug-likeness (QED) is 0.567. The summed E-state index contributed by atoms with van der Waals surface area (Å²) >= 11 is 5.94. The van der Waals surface area contributed by atoms with E-state index in [0.29, 0.717) is 42.4 Å². The second-order valence-corrected chi connectivity index (χ2v) is 7.96. The van der Waals surface area contributed by atoms with Crippen LogP contribution in [0.2, 0.25) is 5.02 Å². The average molecular weight is 443 g/mol. The minimum absolute atomic E-state index is 0.0909. The van der Waals surface area contributed by atoms with Crippen molar-refractivity contribution in [1.29, 1.82) is 0 Å². The molecule has 0 radical (unpaired) electrons. The SMILES string of the molecule is CCOC(=O)[C@H]1CCCN(C(=O)Cn2ccn3nc(-c4ccc(Cl)cc4)cc3c2=O)C1. The number of piperidine rings is 1. The van der Waals surface area contributed by atoms with Gasteiger partial charge >= 0.3 is 5.97 Å². The van der Waals surface area contributed by atoms with E-state index in [0.717, 1.165) is 12.0 Å². The van der Waals surface area contributed by atoms with Crippen molar-refractivity contribution in [2.75, 3.05) is 19.7 Å². The van der Waals surface area contributed by atoms with Crippen LogP contribution in [0.3, 0.4) is 0 Å². The van der Waals surface area contributed by atoms with Crippen molar-refractivity contribution in [3.63, 3.8) is 0 Å². The third kappa shape index (κ3) is 4.49. The number of esters is 1. The van der Waals surface area contributed by atoms with E-state index in [4.69, 9.17) is 16.3 Å². The topological polar surface area (TPSA) is 85.9 Å². The predicted octanol–water partition coefficient (Wildman–Crippen LogP) is 2.62. The summed E-state index contributed by atoms with van der Waals surface area (Å²) in [7, 11) is 0. The van der Waals surface area contributed by atoms with E-state index in [1.807, 2.05) is 12.1 Å². The molecule has 1 fully saturated rings. The monoisotopic (exact) mass is 442 g/mol. The highest BCUT2D eigenvalue weighted by atomic mass is 35.5. The fourth-order valence-corrected chi connectivity index (χ4v) is 3.94. The van der Waals surface area contributed by atoms with Crippen LogP contribution in [0.25, 0.3) is 16.8 Å². The first-order chi connectivity index (χ1) is 15.0. The van der Waals surface area contributed by atoms with Crippen LogP contribution in [0.5, 0.6) is 0 Å². The number of rotatable bonds is 5.